The molecule has 0 aromatic carbocycles. The molecular formula is C23H46O. The van der Waals surface area contributed by atoms with E-state index in [-0.39, 0.29) is 0 Å². The highest BCUT2D eigenvalue weighted by atomic mass is 16.1. The Balaban J connectivity index is 3.01. The highest BCUT2D eigenvalue weighted by molar-refractivity contribution is 5.78. The van der Waals surface area contributed by atoms with E-state index in [0.717, 1.165) is 25.7 Å². The maximum absolute atomic E-state index is 11.4. The molecule has 0 aliphatic carbocycles. The molecule has 144 valence electrons. The lowest BCUT2D eigenvalue weighted by Crippen LogP contribution is -1.96. The monoisotopic (exact) mass is 338 g/mol. The first-order chi connectivity index (χ1) is 11.8. The van der Waals surface area contributed by atoms with E-state index >= 15 is 0 Å². The first-order valence-corrected chi connectivity index (χ1v) is 11.3. The van der Waals surface area contributed by atoms with Crippen LogP contribution in [0.3, 0.4) is 0 Å². The molecule has 0 saturated heterocycles. The maximum atomic E-state index is 11.4. The Morgan fingerprint density at radius 3 is 1.08 bits per heavy atom. The van der Waals surface area contributed by atoms with Gasteiger partial charge in [-0.25, -0.2) is 0 Å². The molecule has 0 atom stereocenters. The standard InChI is InChI=1S/C23H46O/c1-3-5-6-7-8-9-10-11-12-13-14-15-16-17-18-19-20-22-23(24)21-4-2/h3-22H2,1-2H3. The van der Waals surface area contributed by atoms with Gasteiger partial charge in [0.15, 0.2) is 0 Å². The average molecular weight is 339 g/mol. The van der Waals surface area contributed by atoms with Crippen molar-refractivity contribution in [2.24, 2.45) is 0 Å². The van der Waals surface area contributed by atoms with Gasteiger partial charge in [0.05, 0.1) is 0 Å². The van der Waals surface area contributed by atoms with Gasteiger partial charge in [-0.15, -0.1) is 0 Å². The lowest BCUT2D eigenvalue weighted by Gasteiger charge is -2.03. The molecule has 0 aliphatic heterocycles. The number of Topliss-reactive ketones (excluding diaryl/α,β-unsaturated/α-hetero) is 1. The van der Waals surface area contributed by atoms with Crippen molar-refractivity contribution >= 4 is 5.78 Å². The van der Waals surface area contributed by atoms with E-state index in [0.29, 0.717) is 5.78 Å². The van der Waals surface area contributed by atoms with Crippen LogP contribution in [0, 0.1) is 0 Å². The average Bonchev–Trinajstić information content (AvgIpc) is 2.58. The van der Waals surface area contributed by atoms with E-state index in [9.17, 15) is 4.79 Å². The second-order valence-electron chi connectivity index (χ2n) is 7.70. The van der Waals surface area contributed by atoms with Gasteiger partial charge in [0.1, 0.15) is 5.78 Å². The fourth-order valence-electron chi connectivity index (χ4n) is 3.45. The van der Waals surface area contributed by atoms with Crippen LogP contribution in [0.5, 0.6) is 0 Å². The molecule has 0 heterocycles. The van der Waals surface area contributed by atoms with E-state index < -0.39 is 0 Å². The first-order valence-electron chi connectivity index (χ1n) is 11.3. The SMILES string of the molecule is CCCCCCCCCCCCCCCCCCCC(=O)CCC. The third-order valence-corrected chi connectivity index (χ3v) is 5.09. The van der Waals surface area contributed by atoms with Gasteiger partial charge in [-0.2, -0.15) is 0 Å². The molecule has 0 N–H and O–H groups in total. The second-order valence-corrected chi connectivity index (χ2v) is 7.70. The molecule has 0 saturated carbocycles. The summed E-state index contributed by atoms with van der Waals surface area (Å²) >= 11 is 0. The van der Waals surface area contributed by atoms with Gasteiger partial charge in [-0.1, -0.05) is 117 Å². The van der Waals surface area contributed by atoms with Gasteiger partial charge in [0.25, 0.3) is 0 Å². The molecule has 24 heavy (non-hydrogen) atoms. The van der Waals surface area contributed by atoms with Crippen molar-refractivity contribution < 1.29 is 4.79 Å². The van der Waals surface area contributed by atoms with Crippen LogP contribution < -0.4 is 0 Å². The zero-order valence-corrected chi connectivity index (χ0v) is 17.1. The normalized spacial score (nSPS) is 11.1. The molecule has 0 fully saturated rings. The van der Waals surface area contributed by atoms with E-state index in [1.54, 1.807) is 0 Å². The third kappa shape index (κ3) is 19.7. The molecule has 0 radical (unpaired) electrons. The van der Waals surface area contributed by atoms with Crippen LogP contribution in [-0.2, 0) is 4.79 Å². The molecule has 1 nitrogen and oxygen atoms in total. The van der Waals surface area contributed by atoms with Gasteiger partial charge in [-0.05, 0) is 12.8 Å². The summed E-state index contributed by atoms with van der Waals surface area (Å²) in [7, 11) is 0. The summed E-state index contributed by atoms with van der Waals surface area (Å²) in [6.45, 7) is 4.38. The van der Waals surface area contributed by atoms with Crippen LogP contribution in [0.1, 0.15) is 142 Å². The van der Waals surface area contributed by atoms with Crippen LogP contribution in [0.4, 0.5) is 0 Å². The molecular weight excluding hydrogens is 292 g/mol. The molecule has 0 aromatic rings. The minimum Gasteiger partial charge on any atom is -0.300 e. The largest absolute Gasteiger partial charge is 0.300 e. The smallest absolute Gasteiger partial charge is 0.132 e. The number of unbranched alkanes of at least 4 members (excludes halogenated alkanes) is 16. The van der Waals surface area contributed by atoms with Crippen molar-refractivity contribution in [3.8, 4) is 0 Å². The van der Waals surface area contributed by atoms with E-state index in [4.69, 9.17) is 0 Å². The summed E-state index contributed by atoms with van der Waals surface area (Å²) in [5.41, 5.74) is 0. The highest BCUT2D eigenvalue weighted by Crippen LogP contribution is 2.14. The van der Waals surface area contributed by atoms with Crippen LogP contribution in [-0.4, -0.2) is 5.78 Å². The molecule has 1 heteroatoms. The van der Waals surface area contributed by atoms with Crippen LogP contribution in [0.25, 0.3) is 0 Å². The first kappa shape index (κ1) is 23.7. The fraction of sp³-hybridized carbons (Fsp3) is 0.957. The number of carbonyl (C=O) groups is 1. The van der Waals surface area contributed by atoms with Crippen molar-refractivity contribution in [1.82, 2.24) is 0 Å². The van der Waals surface area contributed by atoms with E-state index in [2.05, 4.69) is 13.8 Å². The number of carbonyl (C=O) groups excluding carboxylic acids is 1. The van der Waals surface area contributed by atoms with Crippen molar-refractivity contribution in [3.05, 3.63) is 0 Å². The van der Waals surface area contributed by atoms with Crippen molar-refractivity contribution in [2.45, 2.75) is 142 Å². The lowest BCUT2D eigenvalue weighted by atomic mass is 10.0. The molecule has 0 rings (SSSR count). The van der Waals surface area contributed by atoms with Crippen molar-refractivity contribution in [1.29, 1.82) is 0 Å². The quantitative estimate of drug-likeness (QED) is 0.204. The number of ketones is 1. The lowest BCUT2D eigenvalue weighted by molar-refractivity contribution is -0.119. The Morgan fingerprint density at radius 2 is 0.750 bits per heavy atom. The third-order valence-electron chi connectivity index (χ3n) is 5.09. The predicted molar refractivity (Wildman–Crippen MR) is 109 cm³/mol. The molecule has 0 aromatic heterocycles. The topological polar surface area (TPSA) is 17.1 Å². The van der Waals surface area contributed by atoms with Crippen molar-refractivity contribution in [2.75, 3.05) is 0 Å². The Morgan fingerprint density at radius 1 is 0.417 bits per heavy atom. The molecule has 0 amide bonds. The zero-order chi connectivity index (χ0) is 17.7. The maximum Gasteiger partial charge on any atom is 0.132 e. The van der Waals surface area contributed by atoms with Gasteiger partial charge >= 0.3 is 0 Å². The molecule has 0 unspecified atom stereocenters. The predicted octanol–water partition coefficient (Wildman–Crippen LogP) is 8.40. The van der Waals surface area contributed by atoms with Crippen molar-refractivity contribution in [3.63, 3.8) is 0 Å². The Labute approximate surface area is 153 Å². The van der Waals surface area contributed by atoms with Crippen LogP contribution in [0.2, 0.25) is 0 Å². The number of hydrogen-bond donors (Lipinski definition) is 0. The molecule has 0 spiro atoms. The zero-order valence-electron chi connectivity index (χ0n) is 17.1. The number of rotatable bonds is 20. The minimum atomic E-state index is 0.471. The Kier molecular flexibility index (Phi) is 20.4. The summed E-state index contributed by atoms with van der Waals surface area (Å²) in [5, 5.41) is 0. The second kappa shape index (κ2) is 20.7. The van der Waals surface area contributed by atoms with Crippen LogP contribution >= 0.6 is 0 Å². The number of hydrogen-bond acceptors (Lipinski definition) is 1. The summed E-state index contributed by atoms with van der Waals surface area (Å²) in [6.07, 6.45) is 26.4. The highest BCUT2D eigenvalue weighted by Gasteiger charge is 1.99. The summed E-state index contributed by atoms with van der Waals surface area (Å²) in [4.78, 5) is 11.4. The van der Waals surface area contributed by atoms with E-state index in [1.165, 1.54) is 103 Å². The summed E-state index contributed by atoms with van der Waals surface area (Å²) in [5.74, 6) is 0.471. The Hall–Kier alpha value is -0.330. The molecule has 0 aliphatic rings. The van der Waals surface area contributed by atoms with Gasteiger partial charge < -0.3 is 0 Å². The summed E-state index contributed by atoms with van der Waals surface area (Å²) < 4.78 is 0. The fourth-order valence-corrected chi connectivity index (χ4v) is 3.45. The summed E-state index contributed by atoms with van der Waals surface area (Å²) in [6, 6.07) is 0. The van der Waals surface area contributed by atoms with Gasteiger partial charge in [0.2, 0.25) is 0 Å². The minimum absolute atomic E-state index is 0.471. The van der Waals surface area contributed by atoms with Gasteiger partial charge in [-0.3, -0.25) is 4.79 Å². The van der Waals surface area contributed by atoms with Crippen LogP contribution in [0.15, 0.2) is 0 Å². The Bertz CT molecular complexity index is 246. The van der Waals surface area contributed by atoms with E-state index in [1.807, 2.05) is 0 Å². The van der Waals surface area contributed by atoms with Gasteiger partial charge in [0, 0.05) is 12.8 Å². The molecule has 0 bridgehead atoms.